The number of aliphatic carboxylic acids is 2. The van der Waals surface area contributed by atoms with Crippen LogP contribution in [0.25, 0.3) is 0 Å². The lowest BCUT2D eigenvalue weighted by atomic mass is 10.1. The summed E-state index contributed by atoms with van der Waals surface area (Å²) < 4.78 is 5.36. The number of nitriles is 1. The van der Waals surface area contributed by atoms with Crippen LogP contribution in [0.4, 0.5) is 11.6 Å². The molecule has 0 radical (unpaired) electrons. The van der Waals surface area contributed by atoms with Gasteiger partial charge in [-0.1, -0.05) is 0 Å². The Morgan fingerprint density at radius 3 is 2.34 bits per heavy atom. The Bertz CT molecular complexity index is 712. The van der Waals surface area contributed by atoms with E-state index < -0.39 is 11.9 Å². The molecule has 1 fully saturated rings. The van der Waals surface area contributed by atoms with E-state index >= 15 is 0 Å². The van der Waals surface area contributed by atoms with Gasteiger partial charge in [0.15, 0.2) is 0 Å². The van der Waals surface area contributed by atoms with Crippen molar-refractivity contribution in [3.05, 3.63) is 17.2 Å². The number of nitrogens with one attached hydrogen (secondary N) is 1. The standard InChI is InChI=1S/C17H27N5O.C2H2O4/c1-4-22(5-2)16-12-14(3)15(13-18)17(20-16)19-6-7-21-8-10-23-11-9-21;3-1(4)2(5)6/h12H,4-11H2,1-3H3,(H,19,20);(H,3,4)(H,5,6). The third-order valence-corrected chi connectivity index (χ3v) is 4.41. The number of hydrogen-bond donors (Lipinski definition) is 3. The van der Waals surface area contributed by atoms with Crippen LogP contribution in [0.5, 0.6) is 0 Å². The molecule has 0 unspecified atom stereocenters. The Morgan fingerprint density at radius 2 is 1.86 bits per heavy atom. The highest BCUT2D eigenvalue weighted by Gasteiger charge is 2.14. The normalized spacial score (nSPS) is 13.6. The van der Waals surface area contributed by atoms with Gasteiger partial charge in [0, 0.05) is 39.3 Å². The smallest absolute Gasteiger partial charge is 0.414 e. The summed E-state index contributed by atoms with van der Waals surface area (Å²) in [5.74, 6) is -2.02. The fraction of sp³-hybridized carbons (Fsp3) is 0.579. The number of morpholine rings is 1. The summed E-state index contributed by atoms with van der Waals surface area (Å²) in [5, 5.41) is 27.6. The van der Waals surface area contributed by atoms with E-state index in [2.05, 4.69) is 40.0 Å². The first-order valence-corrected chi connectivity index (χ1v) is 9.50. The number of ether oxygens (including phenoxy) is 1. The summed E-state index contributed by atoms with van der Waals surface area (Å²) in [5.41, 5.74) is 1.61. The topological polar surface area (TPSA) is 139 Å². The fourth-order valence-electron chi connectivity index (χ4n) is 2.79. The molecule has 0 aromatic carbocycles. The van der Waals surface area contributed by atoms with Gasteiger partial charge in [-0.2, -0.15) is 5.26 Å². The van der Waals surface area contributed by atoms with Crippen LogP contribution < -0.4 is 10.2 Å². The van der Waals surface area contributed by atoms with Crippen molar-refractivity contribution in [3.63, 3.8) is 0 Å². The minimum atomic E-state index is -1.82. The minimum absolute atomic E-state index is 0.642. The Hall–Kier alpha value is -2.90. The molecule has 2 heterocycles. The highest BCUT2D eigenvalue weighted by atomic mass is 16.5. The van der Waals surface area contributed by atoms with Crippen molar-refractivity contribution in [2.75, 3.05) is 62.7 Å². The van der Waals surface area contributed by atoms with Gasteiger partial charge in [0.25, 0.3) is 0 Å². The molecule has 1 aromatic heterocycles. The summed E-state index contributed by atoms with van der Waals surface area (Å²) in [6, 6.07) is 4.28. The van der Waals surface area contributed by atoms with Crippen molar-refractivity contribution < 1.29 is 24.5 Å². The van der Waals surface area contributed by atoms with E-state index in [1.807, 2.05) is 13.0 Å². The number of hydrogen-bond acceptors (Lipinski definition) is 8. The van der Waals surface area contributed by atoms with Crippen LogP contribution in [0.2, 0.25) is 0 Å². The van der Waals surface area contributed by atoms with Crippen LogP contribution in [0.1, 0.15) is 25.0 Å². The summed E-state index contributed by atoms with van der Waals surface area (Å²) in [6.07, 6.45) is 0. The third kappa shape index (κ3) is 7.93. The van der Waals surface area contributed by atoms with Crippen molar-refractivity contribution in [1.29, 1.82) is 5.26 Å². The molecule has 1 aromatic rings. The van der Waals surface area contributed by atoms with Crippen LogP contribution in [0.15, 0.2) is 6.07 Å². The number of carboxylic acids is 2. The molecule has 0 atom stereocenters. The summed E-state index contributed by atoms with van der Waals surface area (Å²) in [7, 11) is 0. The molecule has 10 nitrogen and oxygen atoms in total. The Kier molecular flexibility index (Phi) is 10.4. The number of nitrogens with zero attached hydrogens (tertiary/aromatic N) is 4. The lowest BCUT2D eigenvalue weighted by Gasteiger charge is -2.27. The number of pyridine rings is 1. The molecule has 1 saturated heterocycles. The van der Waals surface area contributed by atoms with E-state index in [1.54, 1.807) is 0 Å². The second-order valence-corrected chi connectivity index (χ2v) is 6.30. The molecule has 0 saturated carbocycles. The van der Waals surface area contributed by atoms with Gasteiger partial charge < -0.3 is 25.2 Å². The number of rotatable bonds is 7. The molecule has 0 spiro atoms. The minimum Gasteiger partial charge on any atom is -0.473 e. The molecular weight excluding hydrogens is 378 g/mol. The lowest BCUT2D eigenvalue weighted by molar-refractivity contribution is -0.159. The zero-order valence-corrected chi connectivity index (χ0v) is 17.1. The monoisotopic (exact) mass is 407 g/mol. The first-order chi connectivity index (χ1) is 13.8. The molecule has 0 amide bonds. The maximum absolute atomic E-state index is 9.42. The summed E-state index contributed by atoms with van der Waals surface area (Å²) in [6.45, 7) is 13.3. The average Bonchev–Trinajstić information content (AvgIpc) is 2.70. The van der Waals surface area contributed by atoms with Crippen LogP contribution in [0, 0.1) is 18.3 Å². The molecule has 29 heavy (non-hydrogen) atoms. The van der Waals surface area contributed by atoms with E-state index in [0.717, 1.165) is 63.9 Å². The Labute approximate surface area is 170 Å². The van der Waals surface area contributed by atoms with E-state index in [-0.39, 0.29) is 0 Å². The van der Waals surface area contributed by atoms with Crippen LogP contribution >= 0.6 is 0 Å². The van der Waals surface area contributed by atoms with Crippen LogP contribution in [-0.4, -0.2) is 84.5 Å². The van der Waals surface area contributed by atoms with Crippen molar-refractivity contribution in [3.8, 4) is 6.07 Å². The van der Waals surface area contributed by atoms with Crippen molar-refractivity contribution in [2.45, 2.75) is 20.8 Å². The largest absolute Gasteiger partial charge is 0.473 e. The first kappa shape index (κ1) is 24.1. The van der Waals surface area contributed by atoms with Gasteiger partial charge >= 0.3 is 11.9 Å². The predicted octanol–water partition coefficient (Wildman–Crippen LogP) is 1.01. The molecule has 160 valence electrons. The predicted molar refractivity (Wildman–Crippen MR) is 108 cm³/mol. The molecular formula is C19H29N5O5. The van der Waals surface area contributed by atoms with Crippen LogP contribution in [-0.2, 0) is 14.3 Å². The molecule has 2 rings (SSSR count). The maximum atomic E-state index is 9.42. The number of aromatic nitrogens is 1. The van der Waals surface area contributed by atoms with Gasteiger partial charge in [-0.05, 0) is 32.4 Å². The molecule has 3 N–H and O–H groups in total. The number of anilines is 2. The molecule has 1 aliphatic rings. The molecule has 1 aliphatic heterocycles. The van der Waals surface area contributed by atoms with Crippen molar-refractivity contribution >= 4 is 23.6 Å². The van der Waals surface area contributed by atoms with E-state index in [9.17, 15) is 5.26 Å². The highest BCUT2D eigenvalue weighted by Crippen LogP contribution is 2.22. The van der Waals surface area contributed by atoms with Gasteiger partial charge in [-0.25, -0.2) is 14.6 Å². The Morgan fingerprint density at radius 1 is 1.28 bits per heavy atom. The number of aryl methyl sites for hydroxylation is 1. The van der Waals surface area contributed by atoms with Gasteiger partial charge in [0.2, 0.25) is 0 Å². The summed E-state index contributed by atoms with van der Waals surface area (Å²) >= 11 is 0. The number of carbonyl (C=O) groups is 2. The Balaban J connectivity index is 0.000000612. The van der Waals surface area contributed by atoms with Gasteiger partial charge in [0.05, 0.1) is 18.8 Å². The molecule has 10 heteroatoms. The van der Waals surface area contributed by atoms with Crippen molar-refractivity contribution in [1.82, 2.24) is 9.88 Å². The van der Waals surface area contributed by atoms with E-state index in [0.29, 0.717) is 11.4 Å². The molecule has 0 aliphatic carbocycles. The van der Waals surface area contributed by atoms with Crippen LogP contribution in [0.3, 0.4) is 0 Å². The van der Waals surface area contributed by atoms with E-state index in [1.165, 1.54) is 0 Å². The zero-order chi connectivity index (χ0) is 21.8. The average molecular weight is 407 g/mol. The van der Waals surface area contributed by atoms with E-state index in [4.69, 9.17) is 24.5 Å². The second kappa shape index (κ2) is 12.5. The highest BCUT2D eigenvalue weighted by molar-refractivity contribution is 6.27. The summed E-state index contributed by atoms with van der Waals surface area (Å²) in [4.78, 5) is 27.4. The quantitative estimate of drug-likeness (QED) is 0.561. The first-order valence-electron chi connectivity index (χ1n) is 9.50. The fourth-order valence-corrected chi connectivity index (χ4v) is 2.79. The van der Waals surface area contributed by atoms with Gasteiger partial charge in [0.1, 0.15) is 17.7 Å². The van der Waals surface area contributed by atoms with Crippen molar-refractivity contribution in [2.24, 2.45) is 0 Å². The zero-order valence-electron chi connectivity index (χ0n) is 17.1. The third-order valence-electron chi connectivity index (χ3n) is 4.41. The second-order valence-electron chi connectivity index (χ2n) is 6.30. The lowest BCUT2D eigenvalue weighted by Crippen LogP contribution is -2.39. The SMILES string of the molecule is CCN(CC)c1cc(C)c(C#N)c(NCCN2CCOCC2)n1.O=C(O)C(=O)O. The number of carboxylic acid groups (broad SMARTS) is 2. The van der Waals surface area contributed by atoms with Gasteiger partial charge in [-0.15, -0.1) is 0 Å². The van der Waals surface area contributed by atoms with Gasteiger partial charge in [-0.3, -0.25) is 4.90 Å². The maximum Gasteiger partial charge on any atom is 0.414 e. The molecule has 0 bridgehead atoms.